The van der Waals surface area contributed by atoms with Crippen LogP contribution in [-0.4, -0.2) is 23.6 Å². The zero-order chi connectivity index (χ0) is 14.2. The van der Waals surface area contributed by atoms with Crippen LogP contribution in [0.3, 0.4) is 0 Å². The molecule has 0 spiro atoms. The molecule has 0 aromatic heterocycles. The first kappa shape index (κ1) is 14.4. The van der Waals surface area contributed by atoms with E-state index >= 15 is 0 Å². The minimum absolute atomic E-state index is 0.113. The summed E-state index contributed by atoms with van der Waals surface area (Å²) in [7, 11) is 1.81. The highest BCUT2D eigenvalue weighted by Crippen LogP contribution is 2.37. The van der Waals surface area contributed by atoms with E-state index in [1.807, 2.05) is 27.8 Å². The van der Waals surface area contributed by atoms with Gasteiger partial charge in [0.15, 0.2) is 0 Å². The third kappa shape index (κ3) is 3.30. The van der Waals surface area contributed by atoms with Crippen LogP contribution in [0, 0.1) is 0 Å². The maximum Gasteiger partial charge on any atom is 0.410 e. The van der Waals surface area contributed by atoms with Gasteiger partial charge in [-0.05, 0) is 56.9 Å². The van der Waals surface area contributed by atoms with Crippen LogP contribution in [0.2, 0.25) is 0 Å². The van der Waals surface area contributed by atoms with E-state index in [0.29, 0.717) is 0 Å². The highest BCUT2D eigenvalue weighted by molar-refractivity contribution is 9.10. The number of amides is 1. The van der Waals surface area contributed by atoms with Gasteiger partial charge in [-0.2, -0.15) is 0 Å². The summed E-state index contributed by atoms with van der Waals surface area (Å²) in [5, 5.41) is 0. The summed E-state index contributed by atoms with van der Waals surface area (Å²) in [4.78, 5) is 13.8. The van der Waals surface area contributed by atoms with Gasteiger partial charge in [0, 0.05) is 11.5 Å². The van der Waals surface area contributed by atoms with Crippen LogP contribution in [0.1, 0.15) is 44.4 Å². The van der Waals surface area contributed by atoms with Gasteiger partial charge < -0.3 is 9.64 Å². The Hall–Kier alpha value is -1.03. The van der Waals surface area contributed by atoms with Gasteiger partial charge in [-0.3, -0.25) is 0 Å². The number of rotatable bonds is 1. The fourth-order valence-corrected chi connectivity index (χ4v) is 2.79. The van der Waals surface area contributed by atoms with Gasteiger partial charge in [0.2, 0.25) is 0 Å². The molecule has 1 aromatic carbocycles. The molecule has 1 aliphatic carbocycles. The Morgan fingerprint density at radius 1 is 1.42 bits per heavy atom. The van der Waals surface area contributed by atoms with Crippen LogP contribution < -0.4 is 0 Å². The molecule has 1 aromatic rings. The number of carbonyl (C=O) groups is 1. The molecule has 1 atom stereocenters. The lowest BCUT2D eigenvalue weighted by Crippen LogP contribution is -2.36. The Morgan fingerprint density at radius 2 is 2.11 bits per heavy atom. The van der Waals surface area contributed by atoms with Gasteiger partial charge in [0.25, 0.3) is 0 Å². The van der Waals surface area contributed by atoms with Crippen LogP contribution in [0.25, 0.3) is 0 Å². The van der Waals surface area contributed by atoms with Crippen molar-refractivity contribution in [3.05, 3.63) is 33.8 Å². The largest absolute Gasteiger partial charge is 0.444 e. The molecule has 1 amide bonds. The fourth-order valence-electron chi connectivity index (χ4n) is 2.41. The Morgan fingerprint density at radius 3 is 2.74 bits per heavy atom. The molecule has 1 unspecified atom stereocenters. The van der Waals surface area contributed by atoms with Crippen LogP contribution in [-0.2, 0) is 11.2 Å². The monoisotopic (exact) mass is 325 g/mol. The lowest BCUT2D eigenvalue weighted by atomic mass is 10.1. The standard InChI is InChI=1S/C15H20BrNO2/c1-15(2,3)19-14(18)17(4)13-8-6-10-5-7-11(16)9-12(10)13/h5,7,9,13H,6,8H2,1-4H3. The molecule has 4 heteroatoms. The van der Waals surface area contributed by atoms with Crippen molar-refractivity contribution in [1.82, 2.24) is 4.90 Å². The van der Waals surface area contributed by atoms with Gasteiger partial charge in [-0.15, -0.1) is 0 Å². The molecule has 0 radical (unpaired) electrons. The molecule has 0 saturated carbocycles. The quantitative estimate of drug-likeness (QED) is 0.770. The number of hydrogen-bond donors (Lipinski definition) is 0. The molecule has 0 N–H and O–H groups in total. The maximum absolute atomic E-state index is 12.1. The Bertz CT molecular complexity index is 493. The lowest BCUT2D eigenvalue weighted by Gasteiger charge is -2.29. The highest BCUT2D eigenvalue weighted by Gasteiger charge is 2.31. The van der Waals surface area contributed by atoms with Crippen molar-refractivity contribution in [2.75, 3.05) is 7.05 Å². The molecule has 104 valence electrons. The van der Waals surface area contributed by atoms with E-state index < -0.39 is 5.60 Å². The minimum Gasteiger partial charge on any atom is -0.444 e. The number of halogens is 1. The van der Waals surface area contributed by atoms with Gasteiger partial charge in [0.05, 0.1) is 6.04 Å². The van der Waals surface area contributed by atoms with Crippen LogP contribution in [0.5, 0.6) is 0 Å². The van der Waals surface area contributed by atoms with Gasteiger partial charge in [0.1, 0.15) is 5.60 Å². The van der Waals surface area contributed by atoms with E-state index in [1.54, 1.807) is 4.90 Å². The smallest absolute Gasteiger partial charge is 0.410 e. The van der Waals surface area contributed by atoms with Crippen molar-refractivity contribution < 1.29 is 9.53 Å². The van der Waals surface area contributed by atoms with Crippen molar-refractivity contribution in [3.63, 3.8) is 0 Å². The summed E-state index contributed by atoms with van der Waals surface area (Å²) in [6, 6.07) is 6.40. The first-order valence-electron chi connectivity index (χ1n) is 6.52. The van der Waals surface area contributed by atoms with E-state index in [9.17, 15) is 4.79 Å². The zero-order valence-electron chi connectivity index (χ0n) is 11.9. The van der Waals surface area contributed by atoms with Crippen molar-refractivity contribution in [3.8, 4) is 0 Å². The van der Waals surface area contributed by atoms with E-state index in [1.165, 1.54) is 11.1 Å². The molecule has 0 bridgehead atoms. The van der Waals surface area contributed by atoms with Crippen molar-refractivity contribution in [2.45, 2.75) is 45.3 Å². The average Bonchev–Trinajstić information content (AvgIpc) is 2.68. The molecular weight excluding hydrogens is 306 g/mol. The van der Waals surface area contributed by atoms with E-state index in [2.05, 4.69) is 34.1 Å². The molecule has 2 rings (SSSR count). The molecule has 1 aliphatic rings. The SMILES string of the molecule is CN(C(=O)OC(C)(C)C)C1CCc2ccc(Br)cc21. The third-order valence-electron chi connectivity index (χ3n) is 3.30. The first-order valence-corrected chi connectivity index (χ1v) is 7.31. The topological polar surface area (TPSA) is 29.5 Å². The fraction of sp³-hybridized carbons (Fsp3) is 0.533. The molecule has 3 nitrogen and oxygen atoms in total. The average molecular weight is 326 g/mol. The van der Waals surface area contributed by atoms with Crippen molar-refractivity contribution >= 4 is 22.0 Å². The number of fused-ring (bicyclic) bond motifs is 1. The minimum atomic E-state index is -0.454. The number of aryl methyl sites for hydroxylation is 1. The van der Waals surface area contributed by atoms with Gasteiger partial charge in [-0.1, -0.05) is 22.0 Å². The van der Waals surface area contributed by atoms with E-state index in [-0.39, 0.29) is 12.1 Å². The molecule has 0 fully saturated rings. The normalized spacial score (nSPS) is 18.1. The molecule has 0 heterocycles. The van der Waals surface area contributed by atoms with Crippen molar-refractivity contribution in [1.29, 1.82) is 0 Å². The summed E-state index contributed by atoms with van der Waals surface area (Å²) in [5.41, 5.74) is 2.09. The van der Waals surface area contributed by atoms with Gasteiger partial charge >= 0.3 is 6.09 Å². The summed E-state index contributed by atoms with van der Waals surface area (Å²) in [6.07, 6.45) is 1.72. The van der Waals surface area contributed by atoms with Crippen molar-refractivity contribution in [2.24, 2.45) is 0 Å². The number of ether oxygens (including phenoxy) is 1. The third-order valence-corrected chi connectivity index (χ3v) is 3.80. The summed E-state index contributed by atoms with van der Waals surface area (Å²) >= 11 is 3.49. The zero-order valence-corrected chi connectivity index (χ0v) is 13.5. The second-order valence-corrected chi connectivity index (χ2v) is 6.90. The Balaban J connectivity index is 2.17. The summed E-state index contributed by atoms with van der Waals surface area (Å²) < 4.78 is 6.48. The predicted octanol–water partition coefficient (Wildman–Crippen LogP) is 4.30. The van der Waals surface area contributed by atoms with E-state index in [4.69, 9.17) is 4.74 Å². The molecular formula is C15H20BrNO2. The second kappa shape index (κ2) is 5.16. The summed E-state index contributed by atoms with van der Waals surface area (Å²) in [5.74, 6) is 0. The Labute approximate surface area is 123 Å². The molecule has 0 saturated heterocycles. The Kier molecular flexibility index (Phi) is 3.90. The number of carbonyl (C=O) groups excluding carboxylic acids is 1. The summed E-state index contributed by atoms with van der Waals surface area (Å²) in [6.45, 7) is 5.66. The highest BCUT2D eigenvalue weighted by atomic mass is 79.9. The number of hydrogen-bond acceptors (Lipinski definition) is 2. The second-order valence-electron chi connectivity index (χ2n) is 5.99. The first-order chi connectivity index (χ1) is 8.78. The van der Waals surface area contributed by atoms with Crippen LogP contribution in [0.15, 0.2) is 22.7 Å². The number of benzene rings is 1. The van der Waals surface area contributed by atoms with Gasteiger partial charge in [-0.25, -0.2) is 4.79 Å². The maximum atomic E-state index is 12.1. The molecule has 19 heavy (non-hydrogen) atoms. The van der Waals surface area contributed by atoms with E-state index in [0.717, 1.165) is 17.3 Å². The van der Waals surface area contributed by atoms with Crippen LogP contribution >= 0.6 is 15.9 Å². The number of nitrogens with zero attached hydrogens (tertiary/aromatic N) is 1. The predicted molar refractivity (Wildman–Crippen MR) is 79.2 cm³/mol. The molecule has 0 aliphatic heterocycles. The van der Waals surface area contributed by atoms with Crippen LogP contribution in [0.4, 0.5) is 4.79 Å². The lowest BCUT2D eigenvalue weighted by molar-refractivity contribution is 0.0220.